The molecule has 100 valence electrons. The maximum atomic E-state index is 8.09. The van der Waals surface area contributed by atoms with E-state index in [1.165, 1.54) is 0 Å². The Kier molecular flexibility index (Phi) is 35.1. The van der Waals surface area contributed by atoms with E-state index in [0.29, 0.717) is 13.2 Å². The van der Waals surface area contributed by atoms with Gasteiger partial charge in [-0.25, -0.2) is 11.1 Å². The normalized spacial score (nSPS) is 9.06. The molecule has 0 saturated carbocycles. The van der Waals surface area contributed by atoms with Gasteiger partial charge < -0.3 is 26.6 Å². The largest absolute Gasteiger partial charge is 0.394 e. The van der Waals surface area contributed by atoms with E-state index in [-0.39, 0.29) is 13.2 Å². The van der Waals surface area contributed by atoms with Crippen LogP contribution in [0, 0.1) is 11.1 Å². The van der Waals surface area contributed by atoms with Crippen LogP contribution in [-0.2, 0) is 4.74 Å². The summed E-state index contributed by atoms with van der Waals surface area (Å²) in [4.78, 5) is 0. The SMILES string of the molecule is N=NC=NN.N=NC=NN.OCCOCCO. The summed E-state index contributed by atoms with van der Waals surface area (Å²) in [5, 5.41) is 27.3. The minimum atomic E-state index is 0.0278. The van der Waals surface area contributed by atoms with Gasteiger partial charge in [0.25, 0.3) is 0 Å². The Balaban J connectivity index is -0.000000177. The standard InChI is InChI=1S/C4H10O3.2CH4N4/c5-1-3-7-4-2-6;2*2-4-1-5-3/h5-6H,1-4H2;2*1-2H,3H2. The molecule has 0 rings (SSSR count). The fourth-order valence-electron chi connectivity index (χ4n) is 0.298. The van der Waals surface area contributed by atoms with Gasteiger partial charge in [0, 0.05) is 0 Å². The molecule has 0 radical (unpaired) electrons. The number of aliphatic hydroxyl groups excluding tert-OH is 2. The van der Waals surface area contributed by atoms with E-state index in [9.17, 15) is 0 Å². The molecule has 11 heteroatoms. The lowest BCUT2D eigenvalue weighted by Gasteiger charge is -1.94. The summed E-state index contributed by atoms with van der Waals surface area (Å²) >= 11 is 0. The highest BCUT2D eigenvalue weighted by atomic mass is 16.5. The molecule has 0 heterocycles. The minimum absolute atomic E-state index is 0.0278. The molecule has 0 spiro atoms. The van der Waals surface area contributed by atoms with E-state index in [4.69, 9.17) is 21.3 Å². The Hall–Kier alpha value is -1.98. The maximum absolute atomic E-state index is 8.09. The Labute approximate surface area is 98.2 Å². The van der Waals surface area contributed by atoms with E-state index in [2.05, 4.69) is 36.9 Å². The van der Waals surface area contributed by atoms with Gasteiger partial charge in [0.1, 0.15) is 0 Å². The van der Waals surface area contributed by atoms with Crippen molar-refractivity contribution in [1.29, 1.82) is 11.1 Å². The van der Waals surface area contributed by atoms with Crippen molar-refractivity contribution in [3.8, 4) is 0 Å². The van der Waals surface area contributed by atoms with Crippen molar-refractivity contribution < 1.29 is 14.9 Å². The van der Waals surface area contributed by atoms with Crippen molar-refractivity contribution in [1.82, 2.24) is 0 Å². The number of ether oxygens (including phenoxy) is 1. The van der Waals surface area contributed by atoms with Crippen LogP contribution in [0.25, 0.3) is 0 Å². The Morgan fingerprint density at radius 1 is 0.941 bits per heavy atom. The fraction of sp³-hybridized carbons (Fsp3) is 0.667. The Bertz CT molecular complexity index is 178. The van der Waals surface area contributed by atoms with Crippen LogP contribution in [0.1, 0.15) is 0 Å². The van der Waals surface area contributed by atoms with Crippen LogP contribution in [0.4, 0.5) is 0 Å². The molecule has 0 atom stereocenters. The number of nitrogens with one attached hydrogen (secondary N) is 2. The molecule has 0 bridgehead atoms. The summed E-state index contributed by atoms with van der Waals surface area (Å²) in [5.41, 5.74) is 12.0. The fourth-order valence-corrected chi connectivity index (χ4v) is 0.298. The number of hydrogen-bond acceptors (Lipinski definition) is 9. The predicted molar refractivity (Wildman–Crippen MR) is 60.6 cm³/mol. The molecule has 0 unspecified atom stereocenters. The number of rotatable bonds is 6. The Morgan fingerprint density at radius 3 is 1.41 bits per heavy atom. The van der Waals surface area contributed by atoms with E-state index in [1.807, 2.05) is 0 Å². The van der Waals surface area contributed by atoms with Crippen LogP contribution in [0.15, 0.2) is 20.4 Å². The molecule has 0 aliphatic heterocycles. The number of aliphatic hydroxyl groups is 2. The number of nitrogens with zero attached hydrogens (tertiary/aromatic N) is 4. The summed E-state index contributed by atoms with van der Waals surface area (Å²) in [7, 11) is 0. The molecule has 0 aromatic heterocycles. The lowest BCUT2D eigenvalue weighted by molar-refractivity contribution is 0.0650. The molecule has 17 heavy (non-hydrogen) atoms. The number of nitrogens with two attached hydrogens (primary N) is 2. The highest BCUT2D eigenvalue weighted by molar-refractivity contribution is 5.53. The van der Waals surface area contributed by atoms with Crippen molar-refractivity contribution >= 4 is 12.7 Å². The Morgan fingerprint density at radius 2 is 1.29 bits per heavy atom. The molecule has 0 fully saturated rings. The van der Waals surface area contributed by atoms with Crippen molar-refractivity contribution in [3.63, 3.8) is 0 Å². The van der Waals surface area contributed by atoms with Crippen LogP contribution < -0.4 is 11.7 Å². The summed E-state index contributed by atoms with van der Waals surface area (Å²) < 4.78 is 4.63. The second-order valence-electron chi connectivity index (χ2n) is 1.85. The van der Waals surface area contributed by atoms with E-state index in [0.717, 1.165) is 12.7 Å². The third-order valence-electron chi connectivity index (χ3n) is 0.720. The highest BCUT2D eigenvalue weighted by Gasteiger charge is 1.79. The molecule has 11 nitrogen and oxygen atoms in total. The summed E-state index contributed by atoms with van der Waals surface area (Å²) in [5.74, 6) is 8.99. The van der Waals surface area contributed by atoms with Crippen LogP contribution in [-0.4, -0.2) is 49.3 Å². The average Bonchev–Trinajstić information content (AvgIpc) is 2.33. The van der Waals surface area contributed by atoms with Gasteiger partial charge in [-0.15, -0.1) is 10.2 Å². The monoisotopic (exact) mass is 250 g/mol. The zero-order valence-electron chi connectivity index (χ0n) is 9.23. The van der Waals surface area contributed by atoms with E-state index >= 15 is 0 Å². The molecule has 0 aliphatic carbocycles. The first-order valence-electron chi connectivity index (χ1n) is 4.21. The first-order chi connectivity index (χ1) is 8.24. The van der Waals surface area contributed by atoms with Crippen molar-refractivity contribution in [2.24, 2.45) is 32.1 Å². The second-order valence-corrected chi connectivity index (χ2v) is 1.85. The van der Waals surface area contributed by atoms with Crippen LogP contribution in [0.3, 0.4) is 0 Å². The van der Waals surface area contributed by atoms with Gasteiger partial charge in [-0.05, 0) is 0 Å². The number of hydrazone groups is 2. The molecule has 0 aliphatic rings. The zero-order valence-corrected chi connectivity index (χ0v) is 9.23. The third-order valence-corrected chi connectivity index (χ3v) is 0.720. The van der Waals surface area contributed by atoms with Crippen LogP contribution >= 0.6 is 0 Å². The molecule has 0 saturated heterocycles. The molecular weight excluding hydrogens is 232 g/mol. The topological polar surface area (TPSA) is 199 Å². The summed E-state index contributed by atoms with van der Waals surface area (Å²) in [6.45, 7) is 0.696. The van der Waals surface area contributed by atoms with Crippen molar-refractivity contribution in [2.45, 2.75) is 0 Å². The van der Waals surface area contributed by atoms with Gasteiger partial charge in [0.15, 0.2) is 12.7 Å². The van der Waals surface area contributed by atoms with Gasteiger partial charge >= 0.3 is 0 Å². The minimum Gasteiger partial charge on any atom is -0.394 e. The summed E-state index contributed by atoms with van der Waals surface area (Å²) in [6.07, 6.45) is 1.89. The van der Waals surface area contributed by atoms with Gasteiger partial charge in [0.05, 0.1) is 26.4 Å². The van der Waals surface area contributed by atoms with E-state index in [1.54, 1.807) is 0 Å². The molecule has 0 aromatic rings. The molecule has 0 aromatic carbocycles. The first kappa shape index (κ1) is 20.4. The highest BCUT2D eigenvalue weighted by Crippen LogP contribution is 1.68. The van der Waals surface area contributed by atoms with Crippen LogP contribution in [0.5, 0.6) is 0 Å². The lowest BCUT2D eigenvalue weighted by Crippen LogP contribution is -2.03. The van der Waals surface area contributed by atoms with Gasteiger partial charge in [-0.3, -0.25) is 0 Å². The van der Waals surface area contributed by atoms with Crippen molar-refractivity contribution in [2.75, 3.05) is 26.4 Å². The number of hydrogen-bond donors (Lipinski definition) is 6. The summed E-state index contributed by atoms with van der Waals surface area (Å²) in [6, 6.07) is 0. The quantitative estimate of drug-likeness (QED) is 0.0859. The van der Waals surface area contributed by atoms with Gasteiger partial charge in [-0.1, -0.05) is 0 Å². The predicted octanol–water partition coefficient (Wildman–Crippen LogP) is -1.17. The van der Waals surface area contributed by atoms with Gasteiger partial charge in [0.2, 0.25) is 0 Å². The molecule has 0 amide bonds. The maximum Gasteiger partial charge on any atom is 0.156 e. The molecule has 8 N–H and O–H groups in total. The smallest absolute Gasteiger partial charge is 0.156 e. The molecular formula is C6H18N8O3. The second kappa shape index (κ2) is 29.2. The lowest BCUT2D eigenvalue weighted by atomic mass is 10.7. The van der Waals surface area contributed by atoms with Crippen LogP contribution in [0.2, 0.25) is 0 Å². The van der Waals surface area contributed by atoms with Gasteiger partial charge in [-0.2, -0.15) is 10.2 Å². The third kappa shape index (κ3) is 55.9. The zero-order chi connectivity index (χ0) is 13.8. The first-order valence-corrected chi connectivity index (χ1v) is 4.21. The van der Waals surface area contributed by atoms with Crippen molar-refractivity contribution in [3.05, 3.63) is 0 Å². The van der Waals surface area contributed by atoms with E-state index < -0.39 is 0 Å². The average molecular weight is 250 g/mol.